The first kappa shape index (κ1) is 13.5. The fraction of sp³-hybridized carbons (Fsp3) is 0.375. The summed E-state index contributed by atoms with van der Waals surface area (Å²) in [5.74, 6) is 1.21. The number of benzene rings is 1. The fourth-order valence-electron chi connectivity index (χ4n) is 2.60. The Morgan fingerprint density at radius 3 is 2.85 bits per heavy atom. The molecule has 2 heterocycles. The number of thiazole rings is 1. The highest BCUT2D eigenvalue weighted by molar-refractivity contribution is 7.17. The van der Waals surface area contributed by atoms with Gasteiger partial charge in [0.1, 0.15) is 0 Å². The third-order valence-electron chi connectivity index (χ3n) is 3.93. The Labute approximate surface area is 123 Å². The van der Waals surface area contributed by atoms with Crippen LogP contribution in [0.1, 0.15) is 23.1 Å². The largest absolute Gasteiger partial charge is 0.316 e. The molecule has 1 saturated heterocycles. The van der Waals surface area contributed by atoms with Crippen molar-refractivity contribution in [2.24, 2.45) is 11.8 Å². The normalized spacial score (nSPS) is 22.1. The average Bonchev–Trinajstić information content (AvgIpc) is 3.10. The molecule has 1 aromatic carbocycles. The lowest BCUT2D eigenvalue weighted by Gasteiger charge is -2.11. The monoisotopic (exact) mass is 286 g/mol. The Morgan fingerprint density at radius 2 is 2.15 bits per heavy atom. The molecular weight excluding hydrogens is 268 g/mol. The van der Waals surface area contributed by atoms with Crippen molar-refractivity contribution in [2.45, 2.75) is 13.3 Å². The van der Waals surface area contributed by atoms with Crippen molar-refractivity contribution in [2.75, 3.05) is 13.1 Å². The molecule has 2 atom stereocenters. The molecule has 104 valence electrons. The standard InChI is InChI=1S/C16H18N2OS/c1-11-8-17-9-13(11)7-14(19)16-18-10-15(20-16)12-5-3-2-4-6-12/h2-6,10-11,13,17H,7-9H2,1H3/t11-,13-/m1/s1. The van der Waals surface area contributed by atoms with Gasteiger partial charge in [-0.15, -0.1) is 11.3 Å². The molecular formula is C16H18N2OS. The van der Waals surface area contributed by atoms with Gasteiger partial charge in [-0.1, -0.05) is 37.3 Å². The number of carbonyl (C=O) groups excluding carboxylic acids is 1. The maximum absolute atomic E-state index is 12.3. The number of rotatable bonds is 4. The van der Waals surface area contributed by atoms with E-state index in [-0.39, 0.29) is 5.78 Å². The van der Waals surface area contributed by atoms with Gasteiger partial charge in [0.15, 0.2) is 10.8 Å². The predicted octanol–water partition coefficient (Wildman–Crippen LogP) is 3.24. The molecule has 0 unspecified atom stereocenters. The summed E-state index contributed by atoms with van der Waals surface area (Å²) in [5.41, 5.74) is 1.12. The molecule has 1 N–H and O–H groups in total. The Hall–Kier alpha value is -1.52. The first-order valence-electron chi connectivity index (χ1n) is 6.99. The number of hydrogen-bond donors (Lipinski definition) is 1. The number of aromatic nitrogens is 1. The quantitative estimate of drug-likeness (QED) is 0.877. The van der Waals surface area contributed by atoms with E-state index in [1.807, 2.05) is 36.5 Å². The minimum atomic E-state index is 0.178. The molecule has 2 aromatic rings. The highest BCUT2D eigenvalue weighted by Crippen LogP contribution is 2.28. The van der Waals surface area contributed by atoms with Crippen LogP contribution in [0.5, 0.6) is 0 Å². The first-order chi connectivity index (χ1) is 9.74. The smallest absolute Gasteiger partial charge is 0.191 e. The highest BCUT2D eigenvalue weighted by Gasteiger charge is 2.26. The third kappa shape index (κ3) is 2.81. The molecule has 0 bridgehead atoms. The maximum atomic E-state index is 12.3. The van der Waals surface area contributed by atoms with E-state index in [1.54, 1.807) is 0 Å². The van der Waals surface area contributed by atoms with Gasteiger partial charge in [0.05, 0.1) is 4.88 Å². The van der Waals surface area contributed by atoms with Gasteiger partial charge in [0.25, 0.3) is 0 Å². The molecule has 1 aliphatic rings. The second kappa shape index (κ2) is 5.85. The maximum Gasteiger partial charge on any atom is 0.191 e. The number of carbonyl (C=O) groups is 1. The summed E-state index contributed by atoms with van der Waals surface area (Å²) < 4.78 is 0. The van der Waals surface area contributed by atoms with Gasteiger partial charge < -0.3 is 5.32 Å². The van der Waals surface area contributed by atoms with Crippen LogP contribution in [0.15, 0.2) is 36.5 Å². The van der Waals surface area contributed by atoms with Gasteiger partial charge >= 0.3 is 0 Å². The van der Waals surface area contributed by atoms with Crippen molar-refractivity contribution in [3.05, 3.63) is 41.5 Å². The van der Waals surface area contributed by atoms with Gasteiger partial charge in [-0.05, 0) is 30.5 Å². The van der Waals surface area contributed by atoms with Crippen LogP contribution in [0, 0.1) is 11.8 Å². The topological polar surface area (TPSA) is 42.0 Å². The first-order valence-corrected chi connectivity index (χ1v) is 7.81. The molecule has 3 rings (SSSR count). The molecule has 3 nitrogen and oxygen atoms in total. The van der Waals surface area contributed by atoms with Crippen LogP contribution in [0.4, 0.5) is 0 Å². The van der Waals surface area contributed by atoms with E-state index in [4.69, 9.17) is 0 Å². The van der Waals surface area contributed by atoms with Crippen molar-refractivity contribution < 1.29 is 4.79 Å². The molecule has 20 heavy (non-hydrogen) atoms. The average molecular weight is 286 g/mol. The molecule has 0 spiro atoms. The van der Waals surface area contributed by atoms with Crippen LogP contribution in [-0.2, 0) is 0 Å². The molecule has 1 aliphatic heterocycles. The van der Waals surface area contributed by atoms with Crippen LogP contribution >= 0.6 is 11.3 Å². The summed E-state index contributed by atoms with van der Waals surface area (Å²) >= 11 is 1.50. The molecule has 0 radical (unpaired) electrons. The number of nitrogens with zero attached hydrogens (tertiary/aromatic N) is 1. The third-order valence-corrected chi connectivity index (χ3v) is 5.02. The van der Waals surface area contributed by atoms with E-state index in [0.29, 0.717) is 23.3 Å². The summed E-state index contributed by atoms with van der Waals surface area (Å²) in [6.07, 6.45) is 2.42. The molecule has 1 aromatic heterocycles. The zero-order chi connectivity index (χ0) is 13.9. The Bertz CT molecular complexity index is 594. The van der Waals surface area contributed by atoms with Crippen LogP contribution in [-0.4, -0.2) is 23.9 Å². The summed E-state index contributed by atoms with van der Waals surface area (Å²) in [6.45, 7) is 4.17. The molecule has 0 amide bonds. The lowest BCUT2D eigenvalue weighted by molar-refractivity contribution is 0.0956. The lowest BCUT2D eigenvalue weighted by Crippen LogP contribution is -2.15. The lowest BCUT2D eigenvalue weighted by atomic mass is 9.93. The molecule has 0 aliphatic carbocycles. The van der Waals surface area contributed by atoms with E-state index >= 15 is 0 Å². The van der Waals surface area contributed by atoms with Crippen LogP contribution in [0.25, 0.3) is 10.4 Å². The second-order valence-electron chi connectivity index (χ2n) is 5.42. The predicted molar refractivity (Wildman–Crippen MR) is 82.0 cm³/mol. The summed E-state index contributed by atoms with van der Waals surface area (Å²) in [7, 11) is 0. The molecule has 4 heteroatoms. The van der Waals surface area contributed by atoms with Crippen molar-refractivity contribution >= 4 is 17.1 Å². The van der Waals surface area contributed by atoms with Crippen molar-refractivity contribution in [1.29, 1.82) is 0 Å². The van der Waals surface area contributed by atoms with E-state index in [9.17, 15) is 4.79 Å². The highest BCUT2D eigenvalue weighted by atomic mass is 32.1. The van der Waals surface area contributed by atoms with Crippen LogP contribution in [0.2, 0.25) is 0 Å². The van der Waals surface area contributed by atoms with Crippen molar-refractivity contribution in [3.8, 4) is 10.4 Å². The van der Waals surface area contributed by atoms with Gasteiger partial charge in [-0.2, -0.15) is 0 Å². The van der Waals surface area contributed by atoms with Gasteiger partial charge in [-0.25, -0.2) is 4.98 Å². The number of ketones is 1. The summed E-state index contributed by atoms with van der Waals surface area (Å²) in [4.78, 5) is 17.7. The van der Waals surface area contributed by atoms with E-state index in [2.05, 4.69) is 17.2 Å². The minimum absolute atomic E-state index is 0.178. The number of hydrogen-bond acceptors (Lipinski definition) is 4. The van der Waals surface area contributed by atoms with Gasteiger partial charge in [-0.3, -0.25) is 4.79 Å². The molecule has 0 saturated carbocycles. The van der Waals surface area contributed by atoms with Gasteiger partial charge in [0, 0.05) is 12.6 Å². The zero-order valence-electron chi connectivity index (χ0n) is 11.5. The molecule has 1 fully saturated rings. The van der Waals surface area contributed by atoms with E-state index < -0.39 is 0 Å². The van der Waals surface area contributed by atoms with Crippen LogP contribution in [0.3, 0.4) is 0 Å². The number of nitrogens with one attached hydrogen (secondary N) is 1. The summed E-state index contributed by atoms with van der Waals surface area (Å²) in [5, 5.41) is 3.98. The fourth-order valence-corrected chi connectivity index (χ4v) is 3.47. The summed E-state index contributed by atoms with van der Waals surface area (Å²) in [6, 6.07) is 10.1. The van der Waals surface area contributed by atoms with E-state index in [1.165, 1.54) is 11.3 Å². The Morgan fingerprint density at radius 1 is 1.35 bits per heavy atom. The van der Waals surface area contributed by atoms with Crippen molar-refractivity contribution in [3.63, 3.8) is 0 Å². The van der Waals surface area contributed by atoms with Crippen LogP contribution < -0.4 is 5.32 Å². The zero-order valence-corrected chi connectivity index (χ0v) is 12.3. The van der Waals surface area contributed by atoms with Crippen molar-refractivity contribution in [1.82, 2.24) is 10.3 Å². The SMILES string of the molecule is C[C@@H]1CNC[C@H]1CC(=O)c1ncc(-c2ccccc2)s1. The van der Waals surface area contributed by atoms with Gasteiger partial charge in [0.2, 0.25) is 0 Å². The Balaban J connectivity index is 1.72. The minimum Gasteiger partial charge on any atom is -0.316 e. The van der Waals surface area contributed by atoms with E-state index in [0.717, 1.165) is 23.5 Å². The second-order valence-corrected chi connectivity index (χ2v) is 6.45. The Kier molecular flexibility index (Phi) is 3.94. The number of Topliss-reactive ketones (excluding diaryl/α,β-unsaturated/α-hetero) is 1.